The van der Waals surface area contributed by atoms with Crippen LogP contribution >= 0.6 is 23.6 Å². The van der Waals surface area contributed by atoms with Crippen molar-refractivity contribution in [2.24, 2.45) is 0 Å². The van der Waals surface area contributed by atoms with E-state index in [1.165, 1.54) is 37.7 Å². The lowest BCUT2D eigenvalue weighted by Gasteiger charge is -2.15. The monoisotopic (exact) mass is 486 g/mol. The number of ether oxygens (including phenoxy) is 2. The summed E-state index contributed by atoms with van der Waals surface area (Å²) in [5.41, 5.74) is 2.95. The van der Waals surface area contributed by atoms with Crippen molar-refractivity contribution in [3.63, 3.8) is 0 Å². The van der Waals surface area contributed by atoms with E-state index >= 15 is 0 Å². The molecule has 0 fully saturated rings. The van der Waals surface area contributed by atoms with Crippen LogP contribution in [0.25, 0.3) is 21.5 Å². The maximum atomic E-state index is 13.4. The number of thiazole rings is 1. The number of nitrogens with zero attached hydrogens (tertiary/aromatic N) is 2. The normalized spacial score (nSPS) is 11.8. The van der Waals surface area contributed by atoms with Gasteiger partial charge in [-0.05, 0) is 30.3 Å². The molecule has 0 aliphatic heterocycles. The fourth-order valence-electron chi connectivity index (χ4n) is 3.02. The molecule has 0 radical (unpaired) electrons. The molecule has 0 bridgehead atoms. The average Bonchev–Trinajstić information content (AvgIpc) is 3.45. The van der Waals surface area contributed by atoms with Gasteiger partial charge in [0.15, 0.2) is 10.9 Å². The number of nitrogens with one attached hydrogen (secondary N) is 2. The smallest absolute Gasteiger partial charge is 0.330 e. The van der Waals surface area contributed by atoms with Gasteiger partial charge in [-0.1, -0.05) is 40.8 Å². The quantitative estimate of drug-likeness (QED) is 0.279. The second kappa shape index (κ2) is 10.0. The van der Waals surface area contributed by atoms with Crippen LogP contribution in [0.1, 0.15) is 5.76 Å². The Balaban J connectivity index is 1.43. The van der Waals surface area contributed by atoms with E-state index in [4.69, 9.17) is 26.2 Å². The van der Waals surface area contributed by atoms with Gasteiger partial charge in [-0.15, -0.1) is 0 Å². The Bertz CT molecular complexity index is 1290. The molecular weight excluding hydrogens is 467 g/mol. The highest BCUT2D eigenvalue weighted by atomic mass is 32.1. The summed E-state index contributed by atoms with van der Waals surface area (Å²) in [7, 11) is 2.76. The molecule has 2 aromatic heterocycles. The molecule has 0 amide bonds. The first-order valence-electron chi connectivity index (χ1n) is 9.74. The largest absolute Gasteiger partial charge is 0.467 e. The second-order valence-electron chi connectivity index (χ2n) is 6.91. The van der Waals surface area contributed by atoms with Crippen LogP contribution in [0.5, 0.6) is 0 Å². The van der Waals surface area contributed by atoms with Gasteiger partial charge in [0.05, 0.1) is 23.9 Å². The van der Waals surface area contributed by atoms with Crippen LogP contribution in [-0.4, -0.2) is 48.0 Å². The third kappa shape index (κ3) is 5.33. The zero-order valence-corrected chi connectivity index (χ0v) is 19.3. The first-order chi connectivity index (χ1) is 16.0. The van der Waals surface area contributed by atoms with E-state index in [0.717, 1.165) is 21.5 Å². The molecule has 4 aromatic rings. The Hall–Kier alpha value is -3.41. The number of methoxy groups -OCH3 is 2. The molecule has 0 aliphatic rings. The molecule has 33 heavy (non-hydrogen) atoms. The van der Waals surface area contributed by atoms with Crippen molar-refractivity contribution >= 4 is 55.5 Å². The molecule has 0 aliphatic carbocycles. The lowest BCUT2D eigenvalue weighted by molar-refractivity contribution is -0.143. The predicted molar refractivity (Wildman–Crippen MR) is 127 cm³/mol. The van der Waals surface area contributed by atoms with Crippen molar-refractivity contribution in [3.05, 3.63) is 60.1 Å². The predicted octanol–water partition coefficient (Wildman–Crippen LogP) is 4.29. The lowest BCUT2D eigenvalue weighted by atomic mass is 10.1. The summed E-state index contributed by atoms with van der Waals surface area (Å²) in [5, 5.41) is 10.8. The summed E-state index contributed by atoms with van der Waals surface area (Å²) in [5.74, 6) is -0.475. The van der Waals surface area contributed by atoms with Crippen LogP contribution in [0, 0.1) is 5.82 Å². The zero-order valence-electron chi connectivity index (χ0n) is 17.6. The third-order valence-corrected chi connectivity index (χ3v) is 5.89. The molecule has 11 heteroatoms. The number of hydrogen-bond acceptors (Lipinski definition) is 9. The number of aromatic nitrogens is 2. The molecule has 2 heterocycles. The highest BCUT2D eigenvalue weighted by molar-refractivity contribution is 7.80. The summed E-state index contributed by atoms with van der Waals surface area (Å²) in [6, 6.07) is 12.9. The Morgan fingerprint density at radius 1 is 1.21 bits per heavy atom. The molecule has 1 atom stereocenters. The van der Waals surface area contributed by atoms with E-state index in [1.807, 2.05) is 24.3 Å². The number of halogens is 1. The molecule has 0 unspecified atom stereocenters. The van der Waals surface area contributed by atoms with Crippen molar-refractivity contribution < 1.29 is 23.2 Å². The van der Waals surface area contributed by atoms with Gasteiger partial charge >= 0.3 is 5.97 Å². The molecule has 170 valence electrons. The number of carbonyl (C=O) groups excluding carboxylic acids is 1. The molecular formula is C22H19FN4O4S2. The highest BCUT2D eigenvalue weighted by Crippen LogP contribution is 2.29. The molecule has 0 saturated heterocycles. The minimum atomic E-state index is -0.759. The molecule has 8 nitrogen and oxygen atoms in total. The summed E-state index contributed by atoms with van der Waals surface area (Å²) < 4.78 is 29.3. The number of thiocarbonyl (C=S) groups is 1. The van der Waals surface area contributed by atoms with Crippen molar-refractivity contribution in [3.8, 4) is 11.3 Å². The summed E-state index contributed by atoms with van der Waals surface area (Å²) in [6.45, 7) is 0.0892. The number of benzene rings is 2. The van der Waals surface area contributed by atoms with Gasteiger partial charge in [0.25, 0.3) is 0 Å². The molecule has 2 aromatic carbocycles. The fraction of sp³-hybridized carbons (Fsp3) is 0.182. The van der Waals surface area contributed by atoms with Gasteiger partial charge in [-0.2, -0.15) is 0 Å². The van der Waals surface area contributed by atoms with Gasteiger partial charge in [-0.3, -0.25) is 0 Å². The van der Waals surface area contributed by atoms with Crippen molar-refractivity contribution in [2.75, 3.05) is 26.1 Å². The number of hydrogen-bond donors (Lipinski definition) is 2. The number of carbonyl (C=O) groups is 1. The maximum Gasteiger partial charge on any atom is 0.330 e. The number of esters is 1. The van der Waals surface area contributed by atoms with Crippen LogP contribution in [0.3, 0.4) is 0 Å². The minimum Gasteiger partial charge on any atom is -0.467 e. The van der Waals surface area contributed by atoms with Crippen LogP contribution in [0.15, 0.2) is 53.1 Å². The lowest BCUT2D eigenvalue weighted by Crippen LogP contribution is -2.44. The Morgan fingerprint density at radius 2 is 2.00 bits per heavy atom. The van der Waals surface area contributed by atoms with E-state index in [2.05, 4.69) is 20.8 Å². The van der Waals surface area contributed by atoms with Gasteiger partial charge in [0.2, 0.25) is 0 Å². The second-order valence-corrected chi connectivity index (χ2v) is 8.35. The van der Waals surface area contributed by atoms with Gasteiger partial charge in [0.1, 0.15) is 22.5 Å². The number of rotatable bonds is 8. The van der Waals surface area contributed by atoms with Gasteiger partial charge < -0.3 is 24.6 Å². The van der Waals surface area contributed by atoms with Crippen LogP contribution in [-0.2, 0) is 14.3 Å². The van der Waals surface area contributed by atoms with E-state index in [0.29, 0.717) is 16.6 Å². The summed E-state index contributed by atoms with van der Waals surface area (Å²) in [4.78, 5) is 16.5. The maximum absolute atomic E-state index is 13.4. The van der Waals surface area contributed by atoms with Crippen LogP contribution in [0.4, 0.5) is 15.2 Å². The first-order valence-corrected chi connectivity index (χ1v) is 11.0. The summed E-state index contributed by atoms with van der Waals surface area (Å²) >= 11 is 6.70. The first kappa shape index (κ1) is 22.8. The molecule has 0 saturated carbocycles. The molecule has 4 rings (SSSR count). The van der Waals surface area contributed by atoms with Gasteiger partial charge in [0, 0.05) is 24.4 Å². The molecule has 2 N–H and O–H groups in total. The van der Waals surface area contributed by atoms with E-state index in [9.17, 15) is 9.18 Å². The zero-order chi connectivity index (χ0) is 23.4. The Morgan fingerprint density at radius 3 is 2.73 bits per heavy atom. The van der Waals surface area contributed by atoms with Crippen molar-refractivity contribution in [2.45, 2.75) is 6.04 Å². The average molecular weight is 487 g/mol. The van der Waals surface area contributed by atoms with Crippen LogP contribution in [0.2, 0.25) is 0 Å². The fourth-order valence-corrected chi connectivity index (χ4v) is 4.17. The van der Waals surface area contributed by atoms with E-state index < -0.39 is 12.0 Å². The molecule has 0 spiro atoms. The standard InChI is InChI=1S/C22H19FN4O4S2/c1-29-11-17(21(28)30-2)25-20(32)18-10-16(27-31-18)12-3-6-14(7-4-12)24-22-26-15-8-5-13(23)9-19(15)33-22/h3-10,17H,11H2,1-2H3,(H,24,26)(H,25,32)/t17-/m0/s1. The number of anilines is 2. The SMILES string of the molecule is COC[C@H](NC(=S)c1cc(-c2ccc(Nc3nc4ccc(F)cc4s3)cc2)no1)C(=O)OC. The van der Waals surface area contributed by atoms with Crippen molar-refractivity contribution in [1.82, 2.24) is 15.5 Å². The van der Waals surface area contributed by atoms with Crippen molar-refractivity contribution in [1.29, 1.82) is 0 Å². The number of fused-ring (bicyclic) bond motifs is 1. The Kier molecular flexibility index (Phi) is 6.92. The van der Waals surface area contributed by atoms with Crippen LogP contribution < -0.4 is 10.6 Å². The van der Waals surface area contributed by atoms with Gasteiger partial charge in [-0.25, -0.2) is 14.2 Å². The van der Waals surface area contributed by atoms with E-state index in [-0.39, 0.29) is 17.4 Å². The Labute approximate surface area is 197 Å². The third-order valence-electron chi connectivity index (χ3n) is 4.64. The minimum absolute atomic E-state index is 0.0892. The van der Waals surface area contributed by atoms with E-state index in [1.54, 1.807) is 12.1 Å². The summed E-state index contributed by atoms with van der Waals surface area (Å²) in [6.07, 6.45) is 0. The topological polar surface area (TPSA) is 98.5 Å². The highest BCUT2D eigenvalue weighted by Gasteiger charge is 2.22.